The molecule has 1 nitrogen and oxygen atoms in total. The summed E-state index contributed by atoms with van der Waals surface area (Å²) in [7, 11) is 0. The highest BCUT2D eigenvalue weighted by molar-refractivity contribution is 7.98. The van der Waals surface area contributed by atoms with Crippen molar-refractivity contribution in [2.45, 2.75) is 12.6 Å². The molecule has 1 aliphatic rings. The van der Waals surface area contributed by atoms with Crippen molar-refractivity contribution in [3.63, 3.8) is 0 Å². The molecule has 1 saturated heterocycles. The van der Waals surface area contributed by atoms with Gasteiger partial charge in [-0.05, 0) is 12.7 Å². The first-order valence-electron chi connectivity index (χ1n) is 3.18. The fourth-order valence-corrected chi connectivity index (χ4v) is 1.68. The van der Waals surface area contributed by atoms with Gasteiger partial charge in [-0.25, -0.2) is 4.39 Å². The minimum absolute atomic E-state index is 0.558. The van der Waals surface area contributed by atoms with E-state index in [2.05, 4.69) is 4.90 Å². The Morgan fingerprint density at radius 3 is 3.00 bits per heavy atom. The Labute approximate surface area is 59.6 Å². The average molecular weight is 149 g/mol. The first-order chi connectivity index (χ1) is 4.33. The van der Waals surface area contributed by atoms with Crippen LogP contribution >= 0.6 is 11.8 Å². The molecule has 1 atom stereocenters. The van der Waals surface area contributed by atoms with E-state index in [9.17, 15) is 4.39 Å². The summed E-state index contributed by atoms with van der Waals surface area (Å²) in [6, 6.07) is 0. The summed E-state index contributed by atoms with van der Waals surface area (Å²) >= 11 is 1.76. The standard InChI is InChI=1S/C6H12FNS/c1-9-5-8-3-2-6(7)4-8/h6H,2-5H2,1H3. The third kappa shape index (κ3) is 2.14. The molecular weight excluding hydrogens is 137 g/mol. The molecule has 3 heteroatoms. The maximum atomic E-state index is 12.4. The maximum absolute atomic E-state index is 12.4. The van der Waals surface area contributed by atoms with Crippen molar-refractivity contribution in [1.82, 2.24) is 4.90 Å². The lowest BCUT2D eigenvalue weighted by molar-refractivity contribution is 0.315. The fourth-order valence-electron chi connectivity index (χ4n) is 1.09. The quantitative estimate of drug-likeness (QED) is 0.583. The molecule has 0 aromatic carbocycles. The topological polar surface area (TPSA) is 3.24 Å². The van der Waals surface area contributed by atoms with Gasteiger partial charge in [0.05, 0.1) is 0 Å². The van der Waals surface area contributed by atoms with E-state index in [4.69, 9.17) is 0 Å². The van der Waals surface area contributed by atoms with Gasteiger partial charge >= 0.3 is 0 Å². The van der Waals surface area contributed by atoms with Gasteiger partial charge in [0.1, 0.15) is 6.17 Å². The van der Waals surface area contributed by atoms with E-state index in [-0.39, 0.29) is 0 Å². The number of halogens is 1. The Hall–Kier alpha value is 0.240. The zero-order chi connectivity index (χ0) is 6.69. The van der Waals surface area contributed by atoms with E-state index >= 15 is 0 Å². The minimum atomic E-state index is -0.558. The Bertz CT molecular complexity index is 87.1. The molecule has 9 heavy (non-hydrogen) atoms. The molecule has 0 spiro atoms. The molecule has 0 N–H and O–H groups in total. The molecule has 0 bridgehead atoms. The van der Waals surface area contributed by atoms with Gasteiger partial charge in [-0.2, -0.15) is 0 Å². The van der Waals surface area contributed by atoms with Crippen LogP contribution in [0.1, 0.15) is 6.42 Å². The number of alkyl halides is 1. The first-order valence-corrected chi connectivity index (χ1v) is 4.57. The van der Waals surface area contributed by atoms with Crippen molar-refractivity contribution >= 4 is 11.8 Å². The van der Waals surface area contributed by atoms with E-state index in [0.29, 0.717) is 6.54 Å². The molecule has 1 fully saturated rings. The number of hydrogen-bond donors (Lipinski definition) is 0. The number of thioether (sulfide) groups is 1. The largest absolute Gasteiger partial charge is 0.291 e. The zero-order valence-corrected chi connectivity index (χ0v) is 6.46. The van der Waals surface area contributed by atoms with Gasteiger partial charge in [0.25, 0.3) is 0 Å². The van der Waals surface area contributed by atoms with Gasteiger partial charge in [-0.15, -0.1) is 11.8 Å². The van der Waals surface area contributed by atoms with Crippen LogP contribution in [0.3, 0.4) is 0 Å². The summed E-state index contributed by atoms with van der Waals surface area (Å²) in [5.74, 6) is 0.987. The van der Waals surface area contributed by atoms with Crippen molar-refractivity contribution in [3.05, 3.63) is 0 Å². The van der Waals surface area contributed by atoms with Crippen molar-refractivity contribution in [2.75, 3.05) is 25.2 Å². The Morgan fingerprint density at radius 2 is 2.56 bits per heavy atom. The summed E-state index contributed by atoms with van der Waals surface area (Å²) in [4.78, 5) is 2.15. The highest BCUT2D eigenvalue weighted by Crippen LogP contribution is 2.13. The Kier molecular flexibility index (Phi) is 2.79. The number of hydrogen-bond acceptors (Lipinski definition) is 2. The molecule has 0 saturated carbocycles. The van der Waals surface area contributed by atoms with Gasteiger partial charge in [0.15, 0.2) is 0 Å². The normalized spacial score (nSPS) is 29.3. The van der Waals surface area contributed by atoms with Crippen LogP contribution in [-0.4, -0.2) is 36.3 Å². The van der Waals surface area contributed by atoms with Crippen LogP contribution in [0.15, 0.2) is 0 Å². The van der Waals surface area contributed by atoms with Crippen LogP contribution in [0.4, 0.5) is 4.39 Å². The maximum Gasteiger partial charge on any atom is 0.114 e. The molecule has 0 aromatic heterocycles. The van der Waals surface area contributed by atoms with Gasteiger partial charge in [0, 0.05) is 19.0 Å². The molecule has 0 radical (unpaired) electrons. The zero-order valence-electron chi connectivity index (χ0n) is 5.64. The van der Waals surface area contributed by atoms with Crippen LogP contribution in [0.5, 0.6) is 0 Å². The Balaban J connectivity index is 2.14. The van der Waals surface area contributed by atoms with Crippen molar-refractivity contribution in [3.8, 4) is 0 Å². The lowest BCUT2D eigenvalue weighted by atomic mass is 10.4. The lowest BCUT2D eigenvalue weighted by Crippen LogP contribution is -2.19. The van der Waals surface area contributed by atoms with E-state index in [1.807, 2.05) is 6.26 Å². The monoisotopic (exact) mass is 149 g/mol. The second-order valence-corrected chi connectivity index (χ2v) is 3.22. The van der Waals surface area contributed by atoms with Crippen LogP contribution in [0.25, 0.3) is 0 Å². The predicted octanol–water partition coefficient (Wildman–Crippen LogP) is 1.35. The third-order valence-electron chi connectivity index (χ3n) is 1.53. The highest BCUT2D eigenvalue weighted by atomic mass is 32.2. The fraction of sp³-hybridized carbons (Fsp3) is 1.00. The SMILES string of the molecule is CSCN1CCC(F)C1. The molecular formula is C6H12FNS. The van der Waals surface area contributed by atoms with Crippen LogP contribution in [0.2, 0.25) is 0 Å². The van der Waals surface area contributed by atoms with E-state index < -0.39 is 6.17 Å². The molecule has 0 aliphatic carbocycles. The first kappa shape index (κ1) is 7.35. The van der Waals surface area contributed by atoms with E-state index in [1.54, 1.807) is 11.8 Å². The summed E-state index contributed by atoms with van der Waals surface area (Å²) < 4.78 is 12.4. The molecule has 1 heterocycles. The molecule has 1 aliphatic heterocycles. The summed E-state index contributed by atoms with van der Waals surface area (Å²) in [6.45, 7) is 1.60. The average Bonchev–Trinajstić information content (AvgIpc) is 2.17. The second-order valence-electron chi connectivity index (χ2n) is 2.38. The molecule has 1 rings (SSSR count). The van der Waals surface area contributed by atoms with Gasteiger partial charge < -0.3 is 0 Å². The van der Waals surface area contributed by atoms with Crippen molar-refractivity contribution in [1.29, 1.82) is 0 Å². The van der Waals surface area contributed by atoms with E-state index in [1.165, 1.54) is 0 Å². The second kappa shape index (κ2) is 3.42. The van der Waals surface area contributed by atoms with Crippen LogP contribution < -0.4 is 0 Å². The Morgan fingerprint density at radius 1 is 1.78 bits per heavy atom. The van der Waals surface area contributed by atoms with Crippen molar-refractivity contribution < 1.29 is 4.39 Å². The molecule has 0 amide bonds. The number of likely N-dealkylation sites (tertiary alicyclic amines) is 1. The summed E-state index contributed by atoms with van der Waals surface area (Å²) in [5, 5.41) is 0. The van der Waals surface area contributed by atoms with Crippen LogP contribution in [0, 0.1) is 0 Å². The molecule has 54 valence electrons. The third-order valence-corrected chi connectivity index (χ3v) is 2.15. The number of nitrogens with zero attached hydrogens (tertiary/aromatic N) is 1. The van der Waals surface area contributed by atoms with Gasteiger partial charge in [-0.1, -0.05) is 0 Å². The summed E-state index contributed by atoms with van der Waals surface area (Å²) in [6.07, 6.45) is 2.23. The molecule has 1 unspecified atom stereocenters. The molecule has 0 aromatic rings. The summed E-state index contributed by atoms with van der Waals surface area (Å²) in [5.41, 5.74) is 0. The van der Waals surface area contributed by atoms with Crippen molar-refractivity contribution in [2.24, 2.45) is 0 Å². The smallest absolute Gasteiger partial charge is 0.114 e. The van der Waals surface area contributed by atoms with Gasteiger partial charge in [-0.3, -0.25) is 4.90 Å². The highest BCUT2D eigenvalue weighted by Gasteiger charge is 2.20. The van der Waals surface area contributed by atoms with Crippen LogP contribution in [-0.2, 0) is 0 Å². The van der Waals surface area contributed by atoms with Gasteiger partial charge in [0.2, 0.25) is 0 Å². The van der Waals surface area contributed by atoms with E-state index in [0.717, 1.165) is 18.8 Å². The lowest BCUT2D eigenvalue weighted by Gasteiger charge is -2.10. The predicted molar refractivity (Wildman–Crippen MR) is 39.5 cm³/mol. The minimum Gasteiger partial charge on any atom is -0.291 e. The number of rotatable bonds is 2.